The number of benzene rings is 1. The van der Waals surface area contributed by atoms with E-state index in [2.05, 4.69) is 10.0 Å². The lowest BCUT2D eigenvalue weighted by Gasteiger charge is -2.27. The van der Waals surface area contributed by atoms with Crippen molar-refractivity contribution in [1.82, 2.24) is 10.0 Å². The maximum Gasteiger partial charge on any atom is 0.240 e. The predicted octanol–water partition coefficient (Wildman–Crippen LogP) is 1.81. The van der Waals surface area contributed by atoms with E-state index in [9.17, 15) is 8.42 Å². The van der Waals surface area contributed by atoms with Gasteiger partial charge in [0.05, 0.1) is 11.0 Å². The molecule has 1 heterocycles. The summed E-state index contributed by atoms with van der Waals surface area (Å²) in [5.41, 5.74) is 1.07. The molecule has 1 fully saturated rings. The third-order valence-corrected chi connectivity index (χ3v) is 5.47. The van der Waals surface area contributed by atoms with Crippen LogP contribution in [0.3, 0.4) is 0 Å². The smallest absolute Gasteiger partial charge is 0.240 e. The summed E-state index contributed by atoms with van der Waals surface area (Å²) in [5, 5.41) is 3.13. The van der Waals surface area contributed by atoms with Gasteiger partial charge in [-0.1, -0.05) is 12.1 Å². The van der Waals surface area contributed by atoms with Crippen molar-refractivity contribution < 1.29 is 13.2 Å². The molecule has 1 aliphatic heterocycles. The first-order valence-electron chi connectivity index (χ1n) is 7.33. The SMILES string of the molecule is CNC(C)c1ccc(S(=O)(=O)NC2CCOC(C)C2)cc1. The van der Waals surface area contributed by atoms with Crippen molar-refractivity contribution >= 4 is 10.0 Å². The highest BCUT2D eigenvalue weighted by Crippen LogP contribution is 2.19. The minimum Gasteiger partial charge on any atom is -0.378 e. The molecule has 2 N–H and O–H groups in total. The lowest BCUT2D eigenvalue weighted by Crippen LogP contribution is -2.41. The van der Waals surface area contributed by atoms with E-state index in [4.69, 9.17) is 4.74 Å². The Hall–Kier alpha value is -0.950. The second-order valence-electron chi connectivity index (χ2n) is 5.60. The van der Waals surface area contributed by atoms with E-state index >= 15 is 0 Å². The quantitative estimate of drug-likeness (QED) is 0.870. The number of nitrogens with one attached hydrogen (secondary N) is 2. The van der Waals surface area contributed by atoms with Gasteiger partial charge in [-0.3, -0.25) is 0 Å². The summed E-state index contributed by atoms with van der Waals surface area (Å²) in [7, 11) is -1.58. The van der Waals surface area contributed by atoms with Gasteiger partial charge >= 0.3 is 0 Å². The fourth-order valence-corrected chi connectivity index (χ4v) is 3.78. The number of hydrogen-bond donors (Lipinski definition) is 2. The Morgan fingerprint density at radius 2 is 1.95 bits per heavy atom. The monoisotopic (exact) mass is 312 g/mol. The Bertz CT molecular complexity index is 557. The highest BCUT2D eigenvalue weighted by molar-refractivity contribution is 7.89. The third-order valence-electron chi connectivity index (χ3n) is 3.93. The van der Waals surface area contributed by atoms with E-state index in [-0.39, 0.29) is 18.2 Å². The van der Waals surface area contributed by atoms with Gasteiger partial charge in [0, 0.05) is 18.7 Å². The van der Waals surface area contributed by atoms with Crippen molar-refractivity contribution in [1.29, 1.82) is 0 Å². The van der Waals surface area contributed by atoms with Gasteiger partial charge in [-0.05, 0) is 51.4 Å². The van der Waals surface area contributed by atoms with E-state index in [1.54, 1.807) is 12.1 Å². The first-order valence-corrected chi connectivity index (χ1v) is 8.82. The minimum absolute atomic E-state index is 0.0466. The Morgan fingerprint density at radius 3 is 2.52 bits per heavy atom. The van der Waals surface area contributed by atoms with Gasteiger partial charge in [-0.15, -0.1) is 0 Å². The minimum atomic E-state index is -3.46. The zero-order chi connectivity index (χ0) is 15.5. The van der Waals surface area contributed by atoms with Crippen LogP contribution in [0.25, 0.3) is 0 Å². The second-order valence-corrected chi connectivity index (χ2v) is 7.32. The molecule has 0 saturated carbocycles. The normalized spacial score (nSPS) is 24.7. The van der Waals surface area contributed by atoms with Crippen molar-refractivity contribution in [3.63, 3.8) is 0 Å². The highest BCUT2D eigenvalue weighted by Gasteiger charge is 2.25. The summed E-state index contributed by atoms with van der Waals surface area (Å²) in [5.74, 6) is 0. The first kappa shape index (κ1) is 16.4. The molecule has 1 saturated heterocycles. The second kappa shape index (κ2) is 6.87. The van der Waals surface area contributed by atoms with E-state index in [0.29, 0.717) is 17.9 Å². The van der Waals surface area contributed by atoms with Gasteiger partial charge in [0.25, 0.3) is 0 Å². The summed E-state index contributed by atoms with van der Waals surface area (Å²) in [6.07, 6.45) is 1.54. The first-order chi connectivity index (χ1) is 9.92. The van der Waals surface area contributed by atoms with Crippen LogP contribution in [0.5, 0.6) is 0 Å². The Labute approximate surface area is 127 Å². The van der Waals surface area contributed by atoms with Crippen molar-refractivity contribution in [2.24, 2.45) is 0 Å². The molecule has 0 aliphatic carbocycles. The number of hydrogen-bond acceptors (Lipinski definition) is 4. The molecule has 0 bridgehead atoms. The fraction of sp³-hybridized carbons (Fsp3) is 0.600. The summed E-state index contributed by atoms with van der Waals surface area (Å²) < 4.78 is 33.0. The Balaban J connectivity index is 2.08. The average molecular weight is 312 g/mol. The number of rotatable bonds is 5. The fourth-order valence-electron chi connectivity index (χ4n) is 2.49. The third kappa shape index (κ3) is 4.26. The number of sulfonamides is 1. The molecule has 0 radical (unpaired) electrons. The van der Waals surface area contributed by atoms with Crippen LogP contribution in [0.2, 0.25) is 0 Å². The van der Waals surface area contributed by atoms with Crippen molar-refractivity contribution in [3.05, 3.63) is 29.8 Å². The maximum atomic E-state index is 12.4. The summed E-state index contributed by atoms with van der Waals surface area (Å²) >= 11 is 0. The molecule has 1 aromatic carbocycles. The molecule has 6 heteroatoms. The molecule has 1 aromatic rings. The van der Waals surface area contributed by atoms with Gasteiger partial charge < -0.3 is 10.1 Å². The van der Waals surface area contributed by atoms with Gasteiger partial charge in [0.15, 0.2) is 0 Å². The predicted molar refractivity (Wildman–Crippen MR) is 82.7 cm³/mol. The molecule has 21 heavy (non-hydrogen) atoms. The van der Waals surface area contributed by atoms with Gasteiger partial charge in [0.2, 0.25) is 10.0 Å². The molecule has 2 rings (SSSR count). The maximum absolute atomic E-state index is 12.4. The molecule has 1 aliphatic rings. The highest BCUT2D eigenvalue weighted by atomic mass is 32.2. The topological polar surface area (TPSA) is 67.4 Å². The van der Waals surface area contributed by atoms with Gasteiger partial charge in [0.1, 0.15) is 0 Å². The van der Waals surface area contributed by atoms with Crippen molar-refractivity contribution in [2.45, 2.75) is 49.8 Å². The van der Waals surface area contributed by atoms with E-state index < -0.39 is 10.0 Å². The van der Waals surface area contributed by atoms with Crippen molar-refractivity contribution in [2.75, 3.05) is 13.7 Å². The molecular weight excluding hydrogens is 288 g/mol. The summed E-state index contributed by atoms with van der Waals surface area (Å²) in [6.45, 7) is 4.60. The van der Waals surface area contributed by atoms with Crippen LogP contribution in [0.4, 0.5) is 0 Å². The van der Waals surface area contributed by atoms with Gasteiger partial charge in [-0.2, -0.15) is 0 Å². The van der Waals surface area contributed by atoms with E-state index in [0.717, 1.165) is 12.0 Å². The van der Waals surface area contributed by atoms with Crippen LogP contribution in [0.1, 0.15) is 38.3 Å². The zero-order valence-electron chi connectivity index (χ0n) is 12.8. The molecular formula is C15H24N2O3S. The molecule has 0 aromatic heterocycles. The van der Waals surface area contributed by atoms with Crippen LogP contribution in [-0.2, 0) is 14.8 Å². The molecule has 0 spiro atoms. The van der Waals surface area contributed by atoms with Crippen LogP contribution in [0, 0.1) is 0 Å². The molecule has 5 nitrogen and oxygen atoms in total. The molecule has 0 amide bonds. The summed E-state index contributed by atoms with van der Waals surface area (Å²) in [4.78, 5) is 0.314. The standard InChI is InChI=1S/C15H24N2O3S/c1-11-10-14(8-9-20-11)17-21(18,19)15-6-4-13(5-7-15)12(2)16-3/h4-7,11-12,14,16-17H,8-10H2,1-3H3. The van der Waals surface area contributed by atoms with Crippen molar-refractivity contribution in [3.8, 4) is 0 Å². The van der Waals surface area contributed by atoms with Crippen LogP contribution >= 0.6 is 0 Å². The van der Waals surface area contributed by atoms with Crippen LogP contribution in [-0.4, -0.2) is 34.2 Å². The molecule has 3 unspecified atom stereocenters. The largest absolute Gasteiger partial charge is 0.378 e. The average Bonchev–Trinajstić information content (AvgIpc) is 2.46. The lowest BCUT2D eigenvalue weighted by atomic mass is 10.1. The van der Waals surface area contributed by atoms with Crippen LogP contribution < -0.4 is 10.0 Å². The molecule has 118 valence electrons. The van der Waals surface area contributed by atoms with Gasteiger partial charge in [-0.25, -0.2) is 13.1 Å². The molecule has 3 atom stereocenters. The Morgan fingerprint density at radius 1 is 1.29 bits per heavy atom. The summed E-state index contributed by atoms with van der Waals surface area (Å²) in [6, 6.07) is 7.17. The zero-order valence-corrected chi connectivity index (χ0v) is 13.6. The Kier molecular flexibility index (Phi) is 5.37. The van der Waals surface area contributed by atoms with E-state index in [1.807, 2.05) is 33.0 Å². The lowest BCUT2D eigenvalue weighted by molar-refractivity contribution is 0.0173. The number of ether oxygens (including phenoxy) is 1. The van der Waals surface area contributed by atoms with Crippen LogP contribution in [0.15, 0.2) is 29.2 Å². The van der Waals surface area contributed by atoms with E-state index in [1.165, 1.54) is 0 Å².